The second-order valence-electron chi connectivity index (χ2n) is 5.11. The maximum absolute atomic E-state index is 11.9. The Bertz CT molecular complexity index is 424. The van der Waals surface area contributed by atoms with Crippen molar-refractivity contribution in [1.29, 1.82) is 0 Å². The number of hydrogen-bond acceptors (Lipinski definition) is 6. The Morgan fingerprint density at radius 3 is 2.55 bits per heavy atom. The summed E-state index contributed by atoms with van der Waals surface area (Å²) in [6.07, 6.45) is 4.04. The molecule has 1 aromatic heterocycles. The Balaban J connectivity index is 2.85. The average Bonchev–Trinajstić information content (AvgIpc) is 2.38. The van der Waals surface area contributed by atoms with Crippen LogP contribution < -0.4 is 0 Å². The monoisotopic (exact) mass is 395 g/mol. The maximum atomic E-state index is 11.9. The molecular formula is C12H18IN3O4. The van der Waals surface area contributed by atoms with E-state index in [4.69, 9.17) is 7.80 Å². The van der Waals surface area contributed by atoms with Gasteiger partial charge in [-0.05, 0) is 27.2 Å². The normalized spacial score (nSPS) is 12.8. The summed E-state index contributed by atoms with van der Waals surface area (Å²) in [6.45, 7) is 5.55. The van der Waals surface area contributed by atoms with E-state index in [1.165, 1.54) is 6.33 Å². The van der Waals surface area contributed by atoms with Gasteiger partial charge in [0.15, 0.2) is 0 Å². The van der Waals surface area contributed by atoms with Crippen LogP contribution in [-0.2, 0) is 7.80 Å². The fourth-order valence-corrected chi connectivity index (χ4v) is 1.76. The zero-order valence-electron chi connectivity index (χ0n) is 11.6. The maximum Gasteiger partial charge on any atom is 0.434 e. The van der Waals surface area contributed by atoms with Crippen molar-refractivity contribution in [3.63, 3.8) is 0 Å². The molecule has 0 aliphatic rings. The Kier molecular flexibility index (Phi) is 6.56. The van der Waals surface area contributed by atoms with Crippen molar-refractivity contribution in [2.24, 2.45) is 0 Å². The minimum Gasteiger partial charge on any atom is -0.442 e. The van der Waals surface area contributed by atoms with Gasteiger partial charge >= 0.3 is 6.09 Å². The van der Waals surface area contributed by atoms with E-state index in [0.29, 0.717) is 23.7 Å². The third-order valence-electron chi connectivity index (χ3n) is 2.31. The Morgan fingerprint density at radius 2 is 2.05 bits per heavy atom. The number of carbonyl (C=O) groups excluding carboxylic acids is 1. The van der Waals surface area contributed by atoms with Gasteiger partial charge in [-0.15, -0.1) is 0 Å². The predicted molar refractivity (Wildman–Crippen MR) is 79.2 cm³/mol. The van der Waals surface area contributed by atoms with Gasteiger partial charge in [0, 0.05) is 18.0 Å². The van der Waals surface area contributed by atoms with Gasteiger partial charge in [0.25, 0.3) is 0 Å². The van der Waals surface area contributed by atoms with Crippen LogP contribution in [0.5, 0.6) is 0 Å². The zero-order valence-corrected chi connectivity index (χ0v) is 13.8. The fraction of sp³-hybridized carbons (Fsp3) is 0.583. The van der Waals surface area contributed by atoms with E-state index in [0.717, 1.165) is 0 Å². The van der Waals surface area contributed by atoms with Gasteiger partial charge in [-0.25, -0.2) is 14.8 Å². The molecule has 0 saturated carbocycles. The summed E-state index contributed by atoms with van der Waals surface area (Å²) in [4.78, 5) is 19.7. The summed E-state index contributed by atoms with van der Waals surface area (Å²) in [6, 6.07) is -0.624. The summed E-state index contributed by atoms with van der Waals surface area (Å²) >= 11 is 1.76. The lowest BCUT2D eigenvalue weighted by atomic mass is 10.1. The largest absolute Gasteiger partial charge is 0.442 e. The quantitative estimate of drug-likeness (QED) is 0.469. The van der Waals surface area contributed by atoms with E-state index in [1.54, 1.807) is 56.2 Å². The number of rotatable bonds is 5. The Hall–Kier alpha value is -1.00. The summed E-state index contributed by atoms with van der Waals surface area (Å²) in [5.74, 6) is 0. The van der Waals surface area contributed by atoms with E-state index in [-0.39, 0.29) is 0 Å². The van der Waals surface area contributed by atoms with Crippen molar-refractivity contribution >= 4 is 29.1 Å². The van der Waals surface area contributed by atoms with Crippen LogP contribution in [-0.4, -0.2) is 38.5 Å². The van der Waals surface area contributed by atoms with Crippen LogP contribution in [0.2, 0.25) is 0 Å². The number of halogens is 1. The molecule has 1 atom stereocenters. The van der Waals surface area contributed by atoms with Gasteiger partial charge in [-0.3, -0.25) is 5.21 Å². The highest BCUT2D eigenvalue weighted by atomic mass is 127. The topological polar surface area (TPSA) is 84.8 Å². The molecule has 1 aromatic rings. The molecule has 8 heteroatoms. The van der Waals surface area contributed by atoms with Crippen LogP contribution in [0.1, 0.15) is 38.8 Å². The summed E-state index contributed by atoms with van der Waals surface area (Å²) in [5.41, 5.74) is -0.0791. The van der Waals surface area contributed by atoms with Crippen LogP contribution in [0.25, 0.3) is 0 Å². The van der Waals surface area contributed by atoms with Gasteiger partial charge in [0.05, 0.1) is 12.6 Å². The lowest BCUT2D eigenvalue weighted by molar-refractivity contribution is -0.124. The minimum atomic E-state index is -0.820. The molecule has 1 rings (SSSR count). The molecule has 0 fully saturated rings. The van der Waals surface area contributed by atoms with E-state index < -0.39 is 17.7 Å². The Labute approximate surface area is 132 Å². The van der Waals surface area contributed by atoms with Crippen LogP contribution >= 0.6 is 23.0 Å². The lowest BCUT2D eigenvalue weighted by Gasteiger charge is -2.28. The molecule has 1 heterocycles. The standard InChI is InChI=1S/C12H18IN3O4/c1-12(2,3)20-11(17)16(18)10(4-5-19-13)9-6-14-8-15-7-9/h6-8,10,18H,4-5H2,1-3H3/t10-/m0/s1. The number of ether oxygens (including phenoxy) is 1. The molecule has 112 valence electrons. The van der Waals surface area contributed by atoms with Crippen molar-refractivity contribution in [3.05, 3.63) is 24.3 Å². The molecule has 0 bridgehead atoms. The number of carbonyl (C=O) groups is 1. The SMILES string of the molecule is CC(C)(C)OC(=O)N(O)[C@@H](CCOI)c1cncnc1. The van der Waals surface area contributed by atoms with Crippen molar-refractivity contribution in [3.8, 4) is 0 Å². The molecule has 1 N–H and O–H groups in total. The minimum absolute atomic E-state index is 0.361. The highest BCUT2D eigenvalue weighted by Gasteiger charge is 2.28. The number of hydrogen-bond donors (Lipinski definition) is 1. The molecule has 0 unspecified atom stereocenters. The zero-order chi connectivity index (χ0) is 15.2. The van der Waals surface area contributed by atoms with Crippen molar-refractivity contribution in [2.75, 3.05) is 6.61 Å². The molecule has 1 amide bonds. The first-order valence-corrected chi connectivity index (χ1v) is 6.93. The molecule has 0 radical (unpaired) electrons. The molecule has 0 spiro atoms. The van der Waals surface area contributed by atoms with Crippen molar-refractivity contribution in [1.82, 2.24) is 15.0 Å². The molecular weight excluding hydrogens is 377 g/mol. The first-order chi connectivity index (χ1) is 9.35. The number of amides is 1. The van der Waals surface area contributed by atoms with Gasteiger partial charge in [-0.2, -0.15) is 5.06 Å². The summed E-state index contributed by atoms with van der Waals surface area (Å²) < 4.78 is 10.1. The lowest BCUT2D eigenvalue weighted by Crippen LogP contribution is -2.37. The summed E-state index contributed by atoms with van der Waals surface area (Å²) in [5, 5.41) is 10.6. The highest BCUT2D eigenvalue weighted by Crippen LogP contribution is 2.24. The molecule has 0 saturated heterocycles. The van der Waals surface area contributed by atoms with E-state index in [9.17, 15) is 10.0 Å². The first kappa shape index (κ1) is 17.1. The smallest absolute Gasteiger partial charge is 0.434 e. The summed E-state index contributed by atoms with van der Waals surface area (Å²) in [7, 11) is 0. The van der Waals surface area contributed by atoms with Gasteiger partial charge in [0.2, 0.25) is 0 Å². The number of nitrogens with zero attached hydrogens (tertiary/aromatic N) is 3. The van der Waals surface area contributed by atoms with Crippen molar-refractivity contribution < 1.29 is 17.8 Å². The first-order valence-electron chi connectivity index (χ1n) is 6.04. The Morgan fingerprint density at radius 1 is 1.45 bits per heavy atom. The number of hydroxylamine groups is 2. The van der Waals surface area contributed by atoms with Gasteiger partial charge < -0.3 is 7.80 Å². The van der Waals surface area contributed by atoms with E-state index in [2.05, 4.69) is 9.97 Å². The highest BCUT2D eigenvalue weighted by molar-refractivity contribution is 14.1. The molecule has 0 aliphatic heterocycles. The van der Waals surface area contributed by atoms with Crippen LogP contribution in [0, 0.1) is 0 Å². The molecule has 0 aliphatic carbocycles. The molecule has 7 nitrogen and oxygen atoms in total. The molecule has 0 aromatic carbocycles. The van der Waals surface area contributed by atoms with Crippen molar-refractivity contribution in [2.45, 2.75) is 38.8 Å². The fourth-order valence-electron chi connectivity index (χ4n) is 1.50. The third-order valence-corrected chi connectivity index (χ3v) is 2.75. The average molecular weight is 395 g/mol. The second-order valence-corrected chi connectivity index (χ2v) is 5.74. The third kappa shape index (κ3) is 5.55. The van der Waals surface area contributed by atoms with Gasteiger partial charge in [0.1, 0.15) is 34.9 Å². The van der Waals surface area contributed by atoms with Crippen LogP contribution in [0.3, 0.4) is 0 Å². The number of aromatic nitrogens is 2. The van der Waals surface area contributed by atoms with Gasteiger partial charge in [-0.1, -0.05) is 0 Å². The van der Waals surface area contributed by atoms with Crippen LogP contribution in [0.4, 0.5) is 4.79 Å². The van der Waals surface area contributed by atoms with E-state index >= 15 is 0 Å². The second kappa shape index (κ2) is 7.70. The predicted octanol–water partition coefficient (Wildman–Crippen LogP) is 2.90. The van der Waals surface area contributed by atoms with E-state index in [1.807, 2.05) is 0 Å². The van der Waals surface area contributed by atoms with Crippen LogP contribution in [0.15, 0.2) is 18.7 Å². The molecule has 20 heavy (non-hydrogen) atoms.